The number of hydrogen-bond acceptors (Lipinski definition) is 4. The number of aliphatic hydroxyl groups is 1. The minimum absolute atomic E-state index is 0.0264. The maximum absolute atomic E-state index is 12.6. The number of nitrogens with zero attached hydrogens (tertiary/aromatic N) is 3. The molecule has 0 bridgehead atoms. The number of aliphatic hydroxyl groups excluding tert-OH is 1. The fourth-order valence-corrected chi connectivity index (χ4v) is 1.25. The molecule has 3 N–H and O–H groups in total. The maximum Gasteiger partial charge on any atom is 0.282 e. The van der Waals surface area contributed by atoms with E-state index >= 15 is 0 Å². The zero-order valence-electron chi connectivity index (χ0n) is 8.44. The van der Waals surface area contributed by atoms with Gasteiger partial charge in [-0.2, -0.15) is 0 Å². The Hall–Kier alpha value is -1.57. The molecule has 0 radical (unpaired) electrons. The number of unbranched alkanes of at least 4 members (excludes halogenated alkanes) is 1. The van der Waals surface area contributed by atoms with Gasteiger partial charge < -0.3 is 10.8 Å². The van der Waals surface area contributed by atoms with Crippen LogP contribution in [-0.2, 0) is 6.54 Å². The highest BCUT2D eigenvalue weighted by atomic mass is 19.3. The van der Waals surface area contributed by atoms with Crippen molar-refractivity contribution < 1.29 is 18.7 Å². The number of nitrogens with two attached hydrogens (primary N) is 1. The van der Waals surface area contributed by atoms with Gasteiger partial charge in [0.25, 0.3) is 12.3 Å². The number of hydrogen-bond donors (Lipinski definition) is 2. The molecule has 1 amide bonds. The number of primary amides is 1. The number of alkyl halides is 2. The van der Waals surface area contributed by atoms with Crippen LogP contribution in [0.25, 0.3) is 0 Å². The van der Waals surface area contributed by atoms with E-state index in [0.29, 0.717) is 12.8 Å². The van der Waals surface area contributed by atoms with Gasteiger partial charge >= 0.3 is 0 Å². The van der Waals surface area contributed by atoms with Crippen molar-refractivity contribution in [2.45, 2.75) is 25.8 Å². The Balaban J connectivity index is 2.87. The van der Waals surface area contributed by atoms with Crippen molar-refractivity contribution in [1.82, 2.24) is 15.0 Å². The molecule has 1 rings (SSSR count). The summed E-state index contributed by atoms with van der Waals surface area (Å²) in [4.78, 5) is 10.8. The number of halogens is 2. The second-order valence-electron chi connectivity index (χ2n) is 3.14. The average Bonchev–Trinajstić information content (AvgIpc) is 2.62. The third-order valence-corrected chi connectivity index (χ3v) is 1.99. The molecule has 16 heavy (non-hydrogen) atoms. The van der Waals surface area contributed by atoms with Crippen LogP contribution in [0.4, 0.5) is 8.78 Å². The van der Waals surface area contributed by atoms with Gasteiger partial charge in [0.1, 0.15) is 5.69 Å². The van der Waals surface area contributed by atoms with Crippen LogP contribution >= 0.6 is 0 Å². The molecule has 0 aliphatic carbocycles. The molecule has 0 saturated heterocycles. The molecule has 0 spiro atoms. The number of rotatable bonds is 6. The molecule has 0 aliphatic heterocycles. The second kappa shape index (κ2) is 5.50. The van der Waals surface area contributed by atoms with Crippen LogP contribution in [-0.4, -0.2) is 32.6 Å². The summed E-state index contributed by atoms with van der Waals surface area (Å²) in [6.45, 7) is 0.141. The lowest BCUT2D eigenvalue weighted by Crippen LogP contribution is -2.15. The van der Waals surface area contributed by atoms with Gasteiger partial charge in [0, 0.05) is 13.2 Å². The third kappa shape index (κ3) is 2.72. The van der Waals surface area contributed by atoms with E-state index in [4.69, 9.17) is 10.8 Å². The Kier molecular flexibility index (Phi) is 4.29. The fraction of sp³-hybridized carbons (Fsp3) is 0.625. The lowest BCUT2D eigenvalue weighted by Gasteiger charge is -2.05. The Morgan fingerprint density at radius 3 is 2.69 bits per heavy atom. The van der Waals surface area contributed by atoms with E-state index in [1.165, 1.54) is 0 Å². The standard InChI is InChI=1S/C8H12F2N4O2/c9-7(10)6-5(8(11)16)12-13-14(6)3-1-2-4-15/h7,15H,1-4H2,(H2,11,16). The first kappa shape index (κ1) is 12.5. The predicted molar refractivity (Wildman–Crippen MR) is 49.8 cm³/mol. The van der Waals surface area contributed by atoms with Gasteiger partial charge in [-0.3, -0.25) is 4.79 Å². The number of aromatic nitrogens is 3. The molecule has 1 aromatic rings. The molecule has 1 heterocycles. The molecular weight excluding hydrogens is 222 g/mol. The van der Waals surface area contributed by atoms with E-state index in [1.807, 2.05) is 0 Å². The van der Waals surface area contributed by atoms with Gasteiger partial charge in [-0.25, -0.2) is 13.5 Å². The number of carbonyl (C=O) groups excluding carboxylic acids is 1. The van der Waals surface area contributed by atoms with Gasteiger partial charge in [0.15, 0.2) is 5.69 Å². The molecule has 8 heteroatoms. The van der Waals surface area contributed by atoms with Crippen LogP contribution in [0.5, 0.6) is 0 Å². The zero-order valence-corrected chi connectivity index (χ0v) is 8.44. The SMILES string of the molecule is NC(=O)c1nnn(CCCCO)c1C(F)F. The van der Waals surface area contributed by atoms with E-state index in [-0.39, 0.29) is 13.2 Å². The highest BCUT2D eigenvalue weighted by molar-refractivity contribution is 5.91. The second-order valence-corrected chi connectivity index (χ2v) is 3.14. The van der Waals surface area contributed by atoms with Crippen molar-refractivity contribution >= 4 is 5.91 Å². The van der Waals surface area contributed by atoms with Crippen molar-refractivity contribution in [2.24, 2.45) is 5.73 Å². The van der Waals surface area contributed by atoms with Crippen molar-refractivity contribution in [3.05, 3.63) is 11.4 Å². The maximum atomic E-state index is 12.6. The molecule has 0 atom stereocenters. The topological polar surface area (TPSA) is 94.0 Å². The van der Waals surface area contributed by atoms with Crippen LogP contribution in [0.3, 0.4) is 0 Å². The lowest BCUT2D eigenvalue weighted by molar-refractivity contribution is 0.0976. The zero-order chi connectivity index (χ0) is 12.1. The van der Waals surface area contributed by atoms with Crippen LogP contribution in [0.2, 0.25) is 0 Å². The quantitative estimate of drug-likeness (QED) is 0.682. The van der Waals surface area contributed by atoms with Gasteiger partial charge in [-0.05, 0) is 12.8 Å². The predicted octanol–water partition coefficient (Wildman–Crippen LogP) is 0.0871. The molecule has 1 aromatic heterocycles. The Morgan fingerprint density at radius 2 is 2.19 bits per heavy atom. The van der Waals surface area contributed by atoms with Crippen molar-refractivity contribution in [3.8, 4) is 0 Å². The number of carbonyl (C=O) groups is 1. The van der Waals surface area contributed by atoms with E-state index in [9.17, 15) is 13.6 Å². The number of amides is 1. The molecule has 0 unspecified atom stereocenters. The summed E-state index contributed by atoms with van der Waals surface area (Å²) in [6, 6.07) is 0. The Labute approximate surface area is 90.0 Å². The summed E-state index contributed by atoms with van der Waals surface area (Å²) in [7, 11) is 0. The summed E-state index contributed by atoms with van der Waals surface area (Å²) in [5.74, 6) is -1.02. The van der Waals surface area contributed by atoms with Gasteiger partial charge in [-0.15, -0.1) is 5.10 Å². The highest BCUT2D eigenvalue weighted by Gasteiger charge is 2.24. The first-order valence-corrected chi connectivity index (χ1v) is 4.70. The van der Waals surface area contributed by atoms with Crippen LogP contribution < -0.4 is 5.73 Å². The molecule has 90 valence electrons. The van der Waals surface area contributed by atoms with E-state index in [0.717, 1.165) is 4.68 Å². The first-order valence-electron chi connectivity index (χ1n) is 4.70. The van der Waals surface area contributed by atoms with E-state index in [2.05, 4.69) is 10.3 Å². The van der Waals surface area contributed by atoms with Crippen molar-refractivity contribution in [2.75, 3.05) is 6.61 Å². The number of aryl methyl sites for hydroxylation is 1. The van der Waals surface area contributed by atoms with Crippen LogP contribution in [0.1, 0.15) is 35.4 Å². The molecule has 0 aliphatic rings. The van der Waals surface area contributed by atoms with Crippen LogP contribution in [0, 0.1) is 0 Å². The largest absolute Gasteiger partial charge is 0.396 e. The van der Waals surface area contributed by atoms with Crippen molar-refractivity contribution in [1.29, 1.82) is 0 Å². The van der Waals surface area contributed by atoms with Gasteiger partial charge in [0.05, 0.1) is 0 Å². The minimum Gasteiger partial charge on any atom is -0.396 e. The van der Waals surface area contributed by atoms with Gasteiger partial charge in [0.2, 0.25) is 0 Å². The average molecular weight is 234 g/mol. The lowest BCUT2D eigenvalue weighted by atomic mass is 10.3. The summed E-state index contributed by atoms with van der Waals surface area (Å²) in [5, 5.41) is 15.3. The smallest absolute Gasteiger partial charge is 0.282 e. The molecule has 0 saturated carbocycles. The molecule has 0 aromatic carbocycles. The fourth-order valence-electron chi connectivity index (χ4n) is 1.25. The van der Waals surface area contributed by atoms with E-state index in [1.54, 1.807) is 0 Å². The highest BCUT2D eigenvalue weighted by Crippen LogP contribution is 2.21. The first-order chi connectivity index (χ1) is 7.57. The molecular formula is C8H12F2N4O2. The van der Waals surface area contributed by atoms with Crippen LogP contribution in [0.15, 0.2) is 0 Å². The summed E-state index contributed by atoms with van der Waals surface area (Å²) >= 11 is 0. The summed E-state index contributed by atoms with van der Waals surface area (Å²) in [6.07, 6.45) is -1.92. The third-order valence-electron chi connectivity index (χ3n) is 1.99. The minimum atomic E-state index is -2.85. The normalized spacial score (nSPS) is 11.0. The van der Waals surface area contributed by atoms with Crippen molar-refractivity contribution in [3.63, 3.8) is 0 Å². The van der Waals surface area contributed by atoms with Gasteiger partial charge in [-0.1, -0.05) is 5.21 Å². The monoisotopic (exact) mass is 234 g/mol. The molecule has 6 nitrogen and oxygen atoms in total. The van der Waals surface area contributed by atoms with E-state index < -0.39 is 23.7 Å². The molecule has 0 fully saturated rings. The Bertz CT molecular complexity index is 367. The Morgan fingerprint density at radius 1 is 1.50 bits per heavy atom. The summed E-state index contributed by atoms with van der Waals surface area (Å²) in [5.41, 5.74) is 3.83. The summed E-state index contributed by atoms with van der Waals surface area (Å²) < 4.78 is 26.2.